The first-order chi connectivity index (χ1) is 13.1. The molecule has 1 aliphatic rings. The zero-order valence-corrected chi connectivity index (χ0v) is 16.8. The molecule has 1 atom stereocenters. The molecule has 0 radical (unpaired) electrons. The van der Waals surface area contributed by atoms with Gasteiger partial charge in [0, 0.05) is 17.5 Å². The number of hydrogen-bond donors (Lipinski definition) is 0. The molecule has 0 N–H and O–H groups in total. The predicted molar refractivity (Wildman–Crippen MR) is 112 cm³/mol. The number of hydrogen-bond acceptors (Lipinski definition) is 3. The minimum Gasteiger partial charge on any atom is -0.489 e. The van der Waals surface area contributed by atoms with Crippen LogP contribution in [0.2, 0.25) is 0 Å². The van der Waals surface area contributed by atoms with Crippen LogP contribution in [0.5, 0.6) is 5.75 Å². The highest BCUT2D eigenvalue weighted by Crippen LogP contribution is 2.30. The van der Waals surface area contributed by atoms with Crippen LogP contribution in [0.15, 0.2) is 64.3 Å². The van der Waals surface area contributed by atoms with E-state index < -0.39 is 0 Å². The molecule has 5 heteroatoms. The summed E-state index contributed by atoms with van der Waals surface area (Å²) in [5.74, 6) is 0.850. The Hall–Kier alpha value is -1.97. The standard InChI is InChI=1S/C22H23Cl2NO2/c1-16(15-17-7-3-2-4-8-17)27-25-20-11-5-10-19-18(20)9-6-12-21(19)26-14-13-22(23)24/h2-4,6-9,12-13,16H,5,10-11,14-15H2,1H3/b25-20+. The number of rotatable bonds is 7. The maximum atomic E-state index is 5.83. The number of fused-ring (bicyclic) bond motifs is 1. The van der Waals surface area contributed by atoms with E-state index in [9.17, 15) is 0 Å². The average molecular weight is 404 g/mol. The molecular formula is C22H23Cl2NO2. The van der Waals surface area contributed by atoms with E-state index in [-0.39, 0.29) is 10.6 Å². The quantitative estimate of drug-likeness (QED) is 0.524. The maximum Gasteiger partial charge on any atom is 0.128 e. The fraction of sp³-hybridized carbons (Fsp3) is 0.318. The normalized spacial score (nSPS) is 15.7. The zero-order valence-electron chi connectivity index (χ0n) is 15.3. The molecule has 0 amide bonds. The van der Waals surface area contributed by atoms with Crippen molar-refractivity contribution >= 4 is 28.9 Å². The maximum absolute atomic E-state index is 5.83. The Morgan fingerprint density at radius 2 is 1.93 bits per heavy atom. The zero-order chi connectivity index (χ0) is 19.1. The Balaban J connectivity index is 1.70. The Labute approximate surface area is 170 Å². The molecule has 0 saturated heterocycles. The summed E-state index contributed by atoms with van der Waals surface area (Å²) < 4.78 is 6.04. The van der Waals surface area contributed by atoms with Gasteiger partial charge in [-0.25, -0.2) is 0 Å². The molecule has 3 rings (SSSR count). The first-order valence-corrected chi connectivity index (χ1v) is 9.92. The minimum absolute atomic E-state index is 0.0145. The van der Waals surface area contributed by atoms with Crippen molar-refractivity contribution in [1.82, 2.24) is 0 Å². The monoisotopic (exact) mass is 403 g/mol. The third kappa shape index (κ3) is 5.75. The van der Waals surface area contributed by atoms with Gasteiger partial charge in [0.2, 0.25) is 0 Å². The number of benzene rings is 2. The summed E-state index contributed by atoms with van der Waals surface area (Å²) in [4.78, 5) is 5.80. The molecule has 1 unspecified atom stereocenters. The van der Waals surface area contributed by atoms with E-state index in [2.05, 4.69) is 23.4 Å². The molecule has 0 fully saturated rings. The van der Waals surface area contributed by atoms with Crippen LogP contribution in [-0.4, -0.2) is 18.4 Å². The summed E-state index contributed by atoms with van der Waals surface area (Å²) in [7, 11) is 0. The minimum atomic E-state index is 0.0145. The summed E-state index contributed by atoms with van der Waals surface area (Å²) in [6, 6.07) is 16.3. The second-order valence-corrected chi connectivity index (χ2v) is 7.59. The van der Waals surface area contributed by atoms with E-state index in [4.69, 9.17) is 32.8 Å². The Bertz CT molecular complexity index is 814. The van der Waals surface area contributed by atoms with E-state index in [0.717, 1.165) is 42.7 Å². The average Bonchev–Trinajstić information content (AvgIpc) is 2.67. The Morgan fingerprint density at radius 3 is 2.70 bits per heavy atom. The molecular weight excluding hydrogens is 381 g/mol. The van der Waals surface area contributed by atoms with Gasteiger partial charge in [-0.2, -0.15) is 0 Å². The lowest BCUT2D eigenvalue weighted by atomic mass is 9.89. The first-order valence-electron chi connectivity index (χ1n) is 9.16. The van der Waals surface area contributed by atoms with Crippen LogP contribution >= 0.6 is 23.2 Å². The molecule has 2 aromatic carbocycles. The highest BCUT2D eigenvalue weighted by molar-refractivity contribution is 6.55. The van der Waals surface area contributed by atoms with Gasteiger partial charge >= 0.3 is 0 Å². The van der Waals surface area contributed by atoms with Crippen molar-refractivity contribution < 1.29 is 9.57 Å². The van der Waals surface area contributed by atoms with Crippen molar-refractivity contribution in [3.63, 3.8) is 0 Å². The number of halogens is 2. The molecule has 27 heavy (non-hydrogen) atoms. The molecule has 0 aromatic heterocycles. The molecule has 0 aliphatic heterocycles. The largest absolute Gasteiger partial charge is 0.489 e. The van der Waals surface area contributed by atoms with Crippen molar-refractivity contribution in [1.29, 1.82) is 0 Å². The summed E-state index contributed by atoms with van der Waals surface area (Å²) in [6.07, 6.45) is 5.37. The smallest absolute Gasteiger partial charge is 0.128 e. The second kappa shape index (κ2) is 9.82. The second-order valence-electron chi connectivity index (χ2n) is 6.58. The lowest BCUT2D eigenvalue weighted by Crippen LogP contribution is -2.16. The summed E-state index contributed by atoms with van der Waals surface area (Å²) in [5, 5.41) is 4.48. The van der Waals surface area contributed by atoms with Crippen molar-refractivity contribution in [2.45, 2.75) is 38.7 Å². The molecule has 0 spiro atoms. The van der Waals surface area contributed by atoms with Crippen LogP contribution in [0.25, 0.3) is 0 Å². The summed E-state index contributed by atoms with van der Waals surface area (Å²) in [5.41, 5.74) is 4.50. The number of ether oxygens (including phenoxy) is 1. The predicted octanol–water partition coefficient (Wildman–Crippen LogP) is 6.07. The SMILES string of the molecule is CC(Cc1ccccc1)O/N=C1\CCCc2c(OCC=C(Cl)Cl)cccc21. The number of nitrogens with zero attached hydrogens (tertiary/aromatic N) is 1. The molecule has 0 bridgehead atoms. The van der Waals surface area contributed by atoms with Gasteiger partial charge in [0.1, 0.15) is 23.0 Å². The van der Waals surface area contributed by atoms with Crippen LogP contribution in [-0.2, 0) is 17.7 Å². The topological polar surface area (TPSA) is 30.8 Å². The third-order valence-electron chi connectivity index (χ3n) is 4.47. The molecule has 0 saturated carbocycles. The van der Waals surface area contributed by atoms with E-state index in [1.165, 1.54) is 11.1 Å². The lowest BCUT2D eigenvalue weighted by molar-refractivity contribution is 0.0724. The van der Waals surface area contributed by atoms with Crippen molar-refractivity contribution in [2.75, 3.05) is 6.61 Å². The highest BCUT2D eigenvalue weighted by Gasteiger charge is 2.20. The van der Waals surface area contributed by atoms with E-state index in [1.807, 2.05) is 37.3 Å². The van der Waals surface area contributed by atoms with Gasteiger partial charge in [-0.3, -0.25) is 0 Å². The fourth-order valence-electron chi connectivity index (χ4n) is 3.22. The number of oxime groups is 1. The van der Waals surface area contributed by atoms with Crippen LogP contribution in [0.4, 0.5) is 0 Å². The van der Waals surface area contributed by atoms with Gasteiger partial charge in [-0.05, 0) is 43.9 Å². The van der Waals surface area contributed by atoms with Crippen LogP contribution in [0.1, 0.15) is 36.5 Å². The van der Waals surface area contributed by atoms with Gasteiger partial charge in [0.25, 0.3) is 0 Å². The van der Waals surface area contributed by atoms with Crippen LogP contribution < -0.4 is 4.74 Å². The van der Waals surface area contributed by atoms with E-state index in [0.29, 0.717) is 6.61 Å². The van der Waals surface area contributed by atoms with Crippen molar-refractivity contribution in [2.24, 2.45) is 5.16 Å². The highest BCUT2D eigenvalue weighted by atomic mass is 35.5. The summed E-state index contributed by atoms with van der Waals surface area (Å²) >= 11 is 11.3. The van der Waals surface area contributed by atoms with Gasteiger partial charge in [-0.15, -0.1) is 0 Å². The first kappa shape index (κ1) is 19.8. The molecule has 1 aliphatic carbocycles. The van der Waals surface area contributed by atoms with Gasteiger partial charge in [0.05, 0.1) is 5.71 Å². The molecule has 142 valence electrons. The van der Waals surface area contributed by atoms with E-state index in [1.54, 1.807) is 6.08 Å². The Morgan fingerprint density at radius 1 is 1.11 bits per heavy atom. The lowest BCUT2D eigenvalue weighted by Gasteiger charge is -2.21. The van der Waals surface area contributed by atoms with Crippen molar-refractivity contribution in [3.05, 3.63) is 75.8 Å². The van der Waals surface area contributed by atoms with Crippen LogP contribution in [0.3, 0.4) is 0 Å². The van der Waals surface area contributed by atoms with E-state index >= 15 is 0 Å². The van der Waals surface area contributed by atoms with Crippen LogP contribution in [0, 0.1) is 0 Å². The molecule has 2 aromatic rings. The van der Waals surface area contributed by atoms with Gasteiger partial charge < -0.3 is 9.57 Å². The Kier molecular flexibility index (Phi) is 7.19. The summed E-state index contributed by atoms with van der Waals surface area (Å²) in [6.45, 7) is 2.39. The molecule has 0 heterocycles. The van der Waals surface area contributed by atoms with Gasteiger partial charge in [0.15, 0.2) is 0 Å². The third-order valence-corrected chi connectivity index (χ3v) is 4.78. The fourth-order valence-corrected chi connectivity index (χ4v) is 3.35. The van der Waals surface area contributed by atoms with Gasteiger partial charge in [-0.1, -0.05) is 70.8 Å². The molecule has 3 nitrogen and oxygen atoms in total. The van der Waals surface area contributed by atoms with Crippen molar-refractivity contribution in [3.8, 4) is 5.75 Å².